The number of aryl methyl sites for hydroxylation is 2. The number of rotatable bonds is 5. The topological polar surface area (TPSA) is 87.6 Å². The van der Waals surface area contributed by atoms with E-state index in [-0.39, 0.29) is 22.6 Å². The summed E-state index contributed by atoms with van der Waals surface area (Å²) in [5, 5.41) is 2.93. The average Bonchev–Trinajstić information content (AvgIpc) is 2.89. The van der Waals surface area contributed by atoms with Gasteiger partial charge in [0.1, 0.15) is 11.9 Å². The zero-order valence-electron chi connectivity index (χ0n) is 16.5. The Kier molecular flexibility index (Phi) is 5.56. The predicted molar refractivity (Wildman–Crippen MR) is 111 cm³/mol. The molecule has 28 heavy (non-hydrogen) atoms. The third-order valence-electron chi connectivity index (χ3n) is 4.87. The predicted octanol–water partition coefficient (Wildman–Crippen LogP) is 3.40. The van der Waals surface area contributed by atoms with Crippen LogP contribution in [0.3, 0.4) is 0 Å². The van der Waals surface area contributed by atoms with Gasteiger partial charge in [-0.25, -0.2) is 8.42 Å². The minimum Gasteiger partial charge on any atom is -0.324 e. The molecule has 6 nitrogen and oxygen atoms in total. The van der Waals surface area contributed by atoms with Crippen molar-refractivity contribution in [2.75, 3.05) is 5.32 Å². The van der Waals surface area contributed by atoms with Crippen LogP contribution in [0.4, 0.5) is 5.69 Å². The minimum atomic E-state index is -3.64. The second-order valence-electron chi connectivity index (χ2n) is 7.28. The average molecular weight is 400 g/mol. The molecule has 2 aromatic rings. The van der Waals surface area contributed by atoms with Crippen LogP contribution in [0, 0.1) is 19.8 Å². The van der Waals surface area contributed by atoms with E-state index in [1.54, 1.807) is 18.2 Å². The number of nitrogens with zero attached hydrogens (tertiary/aromatic N) is 1. The van der Waals surface area contributed by atoms with Crippen LogP contribution in [0.2, 0.25) is 0 Å². The highest BCUT2D eigenvalue weighted by Crippen LogP contribution is 2.24. The van der Waals surface area contributed by atoms with E-state index in [0.29, 0.717) is 11.3 Å². The summed E-state index contributed by atoms with van der Waals surface area (Å²) in [6.45, 7) is 7.86. The molecule has 1 amide bonds. The highest BCUT2D eigenvalue weighted by molar-refractivity contribution is 7.90. The molecule has 0 spiro atoms. The standard InChI is InChI=1S/C21H25N3O3S/c1-5-15(4)19(21(25)22-16-11-13(2)10-14(3)12-16)23-20-17-8-6-7-9-18(17)28(26,27)24-20/h6-12,15,19H,5H2,1-4H3,(H,22,25)(H,23,24)/t15-,19+/m0/s1. The van der Waals surface area contributed by atoms with Gasteiger partial charge in [0.25, 0.3) is 10.0 Å². The Balaban J connectivity index is 1.95. The second-order valence-corrected chi connectivity index (χ2v) is 8.93. The molecule has 7 heteroatoms. The largest absolute Gasteiger partial charge is 0.324 e. The smallest absolute Gasteiger partial charge is 0.263 e. The summed E-state index contributed by atoms with van der Waals surface area (Å²) >= 11 is 0. The van der Waals surface area contributed by atoms with Gasteiger partial charge in [-0.2, -0.15) is 0 Å². The quantitative estimate of drug-likeness (QED) is 0.808. The van der Waals surface area contributed by atoms with Gasteiger partial charge in [0.2, 0.25) is 5.91 Å². The molecular formula is C21H25N3O3S. The van der Waals surface area contributed by atoms with E-state index < -0.39 is 16.1 Å². The first-order valence-corrected chi connectivity index (χ1v) is 10.8. The van der Waals surface area contributed by atoms with Crippen LogP contribution in [0.1, 0.15) is 37.0 Å². The number of benzene rings is 2. The van der Waals surface area contributed by atoms with Crippen molar-refractivity contribution >= 4 is 27.5 Å². The molecule has 0 radical (unpaired) electrons. The molecule has 0 saturated carbocycles. The first-order chi connectivity index (χ1) is 13.2. The molecule has 0 bridgehead atoms. The molecule has 0 aliphatic carbocycles. The van der Waals surface area contributed by atoms with Crippen molar-refractivity contribution in [1.82, 2.24) is 4.72 Å². The van der Waals surface area contributed by atoms with Crippen LogP contribution in [0.15, 0.2) is 52.4 Å². The third-order valence-corrected chi connectivity index (χ3v) is 6.27. The van der Waals surface area contributed by atoms with Crippen LogP contribution in [0.25, 0.3) is 0 Å². The van der Waals surface area contributed by atoms with Crippen molar-refractivity contribution in [2.24, 2.45) is 10.9 Å². The Hall–Kier alpha value is -2.67. The molecule has 1 aliphatic rings. The van der Waals surface area contributed by atoms with Crippen LogP contribution in [-0.4, -0.2) is 26.2 Å². The molecule has 2 atom stereocenters. The number of hydrogen-bond acceptors (Lipinski definition) is 4. The van der Waals surface area contributed by atoms with Crippen LogP contribution < -0.4 is 10.0 Å². The number of aliphatic imine (C=N–C) groups is 1. The van der Waals surface area contributed by atoms with Gasteiger partial charge >= 0.3 is 0 Å². The number of amides is 1. The van der Waals surface area contributed by atoms with Gasteiger partial charge < -0.3 is 5.32 Å². The van der Waals surface area contributed by atoms with Gasteiger partial charge in [-0.3, -0.25) is 14.5 Å². The van der Waals surface area contributed by atoms with Crippen LogP contribution >= 0.6 is 0 Å². The number of nitrogens with one attached hydrogen (secondary N) is 2. The zero-order chi connectivity index (χ0) is 20.5. The van der Waals surface area contributed by atoms with Gasteiger partial charge in [-0.1, -0.05) is 38.5 Å². The second kappa shape index (κ2) is 7.75. The maximum absolute atomic E-state index is 13.0. The Morgan fingerprint density at radius 3 is 2.43 bits per heavy atom. The molecule has 1 heterocycles. The van der Waals surface area contributed by atoms with Crippen molar-refractivity contribution < 1.29 is 13.2 Å². The zero-order valence-corrected chi connectivity index (χ0v) is 17.3. The third kappa shape index (κ3) is 4.09. The van der Waals surface area contributed by atoms with Crippen molar-refractivity contribution in [3.05, 3.63) is 59.2 Å². The first-order valence-electron chi connectivity index (χ1n) is 9.30. The molecule has 3 rings (SSSR count). The Morgan fingerprint density at radius 1 is 1.14 bits per heavy atom. The summed E-state index contributed by atoms with van der Waals surface area (Å²) in [7, 11) is -3.64. The van der Waals surface area contributed by atoms with Gasteiger partial charge in [0.15, 0.2) is 0 Å². The maximum Gasteiger partial charge on any atom is 0.263 e. The van der Waals surface area contributed by atoms with E-state index >= 15 is 0 Å². The molecule has 0 aromatic heterocycles. The molecule has 0 unspecified atom stereocenters. The molecule has 1 aliphatic heterocycles. The van der Waals surface area contributed by atoms with E-state index in [9.17, 15) is 13.2 Å². The van der Waals surface area contributed by atoms with Gasteiger partial charge in [0, 0.05) is 11.3 Å². The SMILES string of the molecule is CC[C@H](C)[C@@H](N=C1NS(=O)(=O)c2ccccc21)C(=O)Nc1cc(C)cc(C)c1. The lowest BCUT2D eigenvalue weighted by Gasteiger charge is -2.20. The molecular weight excluding hydrogens is 374 g/mol. The maximum atomic E-state index is 13.0. The number of amidine groups is 1. The fourth-order valence-electron chi connectivity index (χ4n) is 3.30. The summed E-state index contributed by atoms with van der Waals surface area (Å²) in [6, 6.07) is 11.8. The number of hydrogen-bond donors (Lipinski definition) is 2. The van der Waals surface area contributed by atoms with Gasteiger partial charge in [-0.15, -0.1) is 0 Å². The van der Waals surface area contributed by atoms with E-state index in [0.717, 1.165) is 17.5 Å². The van der Waals surface area contributed by atoms with Crippen molar-refractivity contribution in [3.8, 4) is 0 Å². The van der Waals surface area contributed by atoms with Crippen LogP contribution in [0.5, 0.6) is 0 Å². The molecule has 0 fully saturated rings. The van der Waals surface area contributed by atoms with E-state index in [1.807, 2.05) is 45.9 Å². The van der Waals surface area contributed by atoms with Gasteiger partial charge in [0.05, 0.1) is 4.90 Å². The molecule has 2 aromatic carbocycles. The van der Waals surface area contributed by atoms with Crippen molar-refractivity contribution in [1.29, 1.82) is 0 Å². The summed E-state index contributed by atoms with van der Waals surface area (Å²) in [4.78, 5) is 17.7. The summed E-state index contributed by atoms with van der Waals surface area (Å²) in [6.07, 6.45) is 0.732. The molecule has 0 saturated heterocycles. The van der Waals surface area contributed by atoms with E-state index in [2.05, 4.69) is 15.0 Å². The number of anilines is 1. The highest BCUT2D eigenvalue weighted by Gasteiger charge is 2.33. The number of sulfonamides is 1. The molecule has 2 N–H and O–H groups in total. The van der Waals surface area contributed by atoms with E-state index in [4.69, 9.17) is 0 Å². The first kappa shape index (κ1) is 20.1. The Morgan fingerprint density at radius 2 is 1.79 bits per heavy atom. The van der Waals surface area contributed by atoms with Crippen molar-refractivity contribution in [2.45, 2.75) is 45.1 Å². The Labute approximate surface area is 166 Å². The highest BCUT2D eigenvalue weighted by atomic mass is 32.2. The molecule has 148 valence electrons. The lowest BCUT2D eigenvalue weighted by atomic mass is 9.98. The summed E-state index contributed by atoms with van der Waals surface area (Å²) < 4.78 is 27.1. The minimum absolute atomic E-state index is 0.0596. The lowest BCUT2D eigenvalue weighted by Crippen LogP contribution is -2.34. The van der Waals surface area contributed by atoms with Gasteiger partial charge in [-0.05, 0) is 55.2 Å². The number of carbonyl (C=O) groups is 1. The number of carbonyl (C=O) groups excluding carboxylic acids is 1. The van der Waals surface area contributed by atoms with E-state index in [1.165, 1.54) is 6.07 Å². The fourth-order valence-corrected chi connectivity index (χ4v) is 4.54. The normalized spacial score (nSPS) is 18.2. The lowest BCUT2D eigenvalue weighted by molar-refractivity contribution is -0.118. The monoisotopic (exact) mass is 399 g/mol. The fraction of sp³-hybridized carbons (Fsp3) is 0.333. The summed E-state index contributed by atoms with van der Waals surface area (Å²) in [5.41, 5.74) is 3.32. The number of fused-ring (bicyclic) bond motifs is 1. The summed E-state index contributed by atoms with van der Waals surface area (Å²) in [5.74, 6) is -0.0948. The Bertz CT molecular complexity index is 1020. The van der Waals surface area contributed by atoms with Crippen LogP contribution in [-0.2, 0) is 14.8 Å². The van der Waals surface area contributed by atoms with Crippen molar-refractivity contribution in [3.63, 3.8) is 0 Å².